The zero-order valence-electron chi connectivity index (χ0n) is 9.72. The minimum atomic E-state index is -3.32. The third kappa shape index (κ3) is 3.41. The molecule has 0 aromatic rings. The van der Waals surface area contributed by atoms with Gasteiger partial charge in [0.2, 0.25) is 10.0 Å². The van der Waals surface area contributed by atoms with Crippen LogP contribution in [0.5, 0.6) is 0 Å². The van der Waals surface area contributed by atoms with Crippen molar-refractivity contribution in [3.63, 3.8) is 0 Å². The lowest BCUT2D eigenvalue weighted by Crippen LogP contribution is -2.37. The largest absolute Gasteiger partial charge is 0.312 e. The molecule has 94 valence electrons. The van der Waals surface area contributed by atoms with Gasteiger partial charge in [0, 0.05) is 31.2 Å². The number of sulfonamides is 1. The van der Waals surface area contributed by atoms with Crippen LogP contribution < -0.4 is 10.5 Å². The minimum Gasteiger partial charge on any atom is -0.312 e. The summed E-state index contributed by atoms with van der Waals surface area (Å²) in [5.74, 6) is 0.0291. The van der Waals surface area contributed by atoms with E-state index in [0.717, 1.165) is 19.0 Å². The van der Waals surface area contributed by atoms with Crippen LogP contribution >= 0.6 is 0 Å². The Bertz CT molecular complexity index is 340. The van der Waals surface area contributed by atoms with Gasteiger partial charge in [-0.1, -0.05) is 0 Å². The molecule has 2 fully saturated rings. The smallest absolute Gasteiger partial charge is 0.210 e. The molecule has 2 rings (SSSR count). The van der Waals surface area contributed by atoms with Crippen molar-refractivity contribution in [3.8, 4) is 0 Å². The van der Waals surface area contributed by atoms with Crippen molar-refractivity contribution < 1.29 is 8.42 Å². The Morgan fingerprint density at radius 3 is 2.69 bits per heavy atom. The summed E-state index contributed by atoms with van der Waals surface area (Å²) in [5.41, 5.74) is 0. The summed E-state index contributed by atoms with van der Waals surface area (Å²) in [6.45, 7) is 3.77. The molecule has 16 heavy (non-hydrogen) atoms. The molecule has 1 heterocycles. The van der Waals surface area contributed by atoms with E-state index >= 15 is 0 Å². The van der Waals surface area contributed by atoms with E-state index in [0.29, 0.717) is 18.6 Å². The Labute approximate surface area is 97.4 Å². The first-order chi connectivity index (χ1) is 7.46. The third-order valence-electron chi connectivity index (χ3n) is 3.46. The second-order valence-electron chi connectivity index (χ2n) is 5.03. The summed E-state index contributed by atoms with van der Waals surface area (Å²) in [6, 6.07) is 1.84. The Balaban J connectivity index is 1.71. The van der Waals surface area contributed by atoms with E-state index < -0.39 is 10.0 Å². The molecule has 0 spiro atoms. The van der Waals surface area contributed by atoms with Gasteiger partial charge in [-0.15, -0.1) is 0 Å². The Kier molecular flexibility index (Phi) is 3.53. The van der Waals surface area contributed by atoms with Gasteiger partial charge in [0.25, 0.3) is 0 Å². The van der Waals surface area contributed by atoms with Crippen molar-refractivity contribution in [1.82, 2.24) is 10.2 Å². The van der Waals surface area contributed by atoms with Crippen molar-refractivity contribution in [2.75, 3.05) is 18.8 Å². The highest BCUT2D eigenvalue weighted by atomic mass is 32.2. The van der Waals surface area contributed by atoms with Crippen molar-refractivity contribution in [3.05, 3.63) is 0 Å². The summed E-state index contributed by atoms with van der Waals surface area (Å²) in [6.07, 6.45) is 3.77. The van der Waals surface area contributed by atoms with E-state index in [1.54, 1.807) is 0 Å². The van der Waals surface area contributed by atoms with Crippen molar-refractivity contribution in [2.24, 2.45) is 5.14 Å². The quantitative estimate of drug-likeness (QED) is 0.686. The van der Waals surface area contributed by atoms with E-state index in [4.69, 9.17) is 5.14 Å². The Morgan fingerprint density at radius 2 is 2.12 bits per heavy atom. The van der Waals surface area contributed by atoms with Gasteiger partial charge < -0.3 is 5.32 Å². The first-order valence-electron chi connectivity index (χ1n) is 5.95. The van der Waals surface area contributed by atoms with Crippen molar-refractivity contribution in [2.45, 2.75) is 44.3 Å². The zero-order valence-corrected chi connectivity index (χ0v) is 10.5. The molecule has 0 bridgehead atoms. The SMILES string of the molecule is CC1CC(NCCS(N)(=O)=O)CN1C1CC1. The first kappa shape index (κ1) is 12.3. The van der Waals surface area contributed by atoms with Crippen LogP contribution in [0.2, 0.25) is 0 Å². The van der Waals surface area contributed by atoms with E-state index in [2.05, 4.69) is 17.1 Å². The predicted octanol–water partition coefficient (Wildman–Crippen LogP) is -0.510. The lowest BCUT2D eigenvalue weighted by atomic mass is 10.2. The van der Waals surface area contributed by atoms with Crippen LogP contribution in [0.3, 0.4) is 0 Å². The number of nitrogens with zero attached hydrogens (tertiary/aromatic N) is 1. The molecule has 0 amide bonds. The Hall–Kier alpha value is -0.170. The fraction of sp³-hybridized carbons (Fsp3) is 1.00. The van der Waals surface area contributed by atoms with Gasteiger partial charge in [0.15, 0.2) is 0 Å². The first-order valence-corrected chi connectivity index (χ1v) is 7.67. The summed E-state index contributed by atoms with van der Waals surface area (Å²) in [5, 5.41) is 8.24. The number of likely N-dealkylation sites (tertiary alicyclic amines) is 1. The highest BCUT2D eigenvalue weighted by Crippen LogP contribution is 2.33. The van der Waals surface area contributed by atoms with Crippen molar-refractivity contribution >= 4 is 10.0 Å². The molecule has 2 unspecified atom stereocenters. The van der Waals surface area contributed by atoms with E-state index in [1.165, 1.54) is 12.8 Å². The second-order valence-corrected chi connectivity index (χ2v) is 6.76. The molecule has 0 aromatic carbocycles. The molecule has 3 N–H and O–H groups in total. The van der Waals surface area contributed by atoms with Gasteiger partial charge >= 0.3 is 0 Å². The maximum absolute atomic E-state index is 10.8. The minimum absolute atomic E-state index is 0.0291. The maximum Gasteiger partial charge on any atom is 0.210 e. The van der Waals surface area contributed by atoms with E-state index in [-0.39, 0.29) is 5.75 Å². The van der Waals surface area contributed by atoms with E-state index in [9.17, 15) is 8.42 Å². The standard InChI is InChI=1S/C10H21N3O2S/c1-8-6-9(7-13(8)10-2-3-10)12-4-5-16(11,14)15/h8-10,12H,2-7H2,1H3,(H2,11,14,15). The third-order valence-corrected chi connectivity index (χ3v) is 4.23. The van der Waals surface area contributed by atoms with Gasteiger partial charge in [-0.2, -0.15) is 0 Å². The highest BCUT2D eigenvalue weighted by molar-refractivity contribution is 7.89. The molecule has 6 heteroatoms. The van der Waals surface area contributed by atoms with Gasteiger partial charge in [-0.05, 0) is 26.2 Å². The number of nitrogens with one attached hydrogen (secondary N) is 1. The van der Waals surface area contributed by atoms with Crippen LogP contribution in [-0.4, -0.2) is 50.3 Å². The molecular weight excluding hydrogens is 226 g/mol. The number of hydrogen-bond donors (Lipinski definition) is 2. The van der Waals surface area contributed by atoms with Crippen LogP contribution in [0.1, 0.15) is 26.2 Å². The fourth-order valence-corrected chi connectivity index (χ4v) is 2.93. The highest BCUT2D eigenvalue weighted by Gasteiger charge is 2.38. The van der Waals surface area contributed by atoms with Gasteiger partial charge in [0.1, 0.15) is 0 Å². The number of nitrogens with two attached hydrogens (primary N) is 1. The van der Waals surface area contributed by atoms with Crippen LogP contribution in [-0.2, 0) is 10.0 Å². The molecule has 1 aliphatic carbocycles. The van der Waals surface area contributed by atoms with Crippen LogP contribution in [0.4, 0.5) is 0 Å². The molecule has 2 aliphatic rings. The lowest BCUT2D eigenvalue weighted by Gasteiger charge is -2.19. The van der Waals surface area contributed by atoms with Crippen molar-refractivity contribution in [1.29, 1.82) is 0 Å². The van der Waals surface area contributed by atoms with Gasteiger partial charge in [-0.25, -0.2) is 13.6 Å². The van der Waals surface area contributed by atoms with E-state index in [1.807, 2.05) is 0 Å². The maximum atomic E-state index is 10.8. The molecule has 1 saturated heterocycles. The summed E-state index contributed by atoms with van der Waals surface area (Å²) < 4.78 is 21.6. The molecule has 5 nitrogen and oxygen atoms in total. The number of rotatable bonds is 5. The fourth-order valence-electron chi connectivity index (χ4n) is 2.52. The number of hydrogen-bond acceptors (Lipinski definition) is 4. The van der Waals surface area contributed by atoms with Crippen LogP contribution in [0.15, 0.2) is 0 Å². The molecule has 0 radical (unpaired) electrons. The summed E-state index contributed by atoms with van der Waals surface area (Å²) in [4.78, 5) is 2.54. The second kappa shape index (κ2) is 4.60. The molecule has 1 aliphatic heterocycles. The average molecular weight is 247 g/mol. The van der Waals surface area contributed by atoms with Crippen LogP contribution in [0.25, 0.3) is 0 Å². The van der Waals surface area contributed by atoms with Crippen LogP contribution in [0, 0.1) is 0 Å². The van der Waals surface area contributed by atoms with Gasteiger partial charge in [-0.3, -0.25) is 4.90 Å². The predicted molar refractivity (Wildman–Crippen MR) is 63.6 cm³/mol. The van der Waals surface area contributed by atoms with Gasteiger partial charge in [0.05, 0.1) is 5.75 Å². The zero-order chi connectivity index (χ0) is 11.8. The lowest BCUT2D eigenvalue weighted by molar-refractivity contribution is 0.255. The topological polar surface area (TPSA) is 75.4 Å². The Morgan fingerprint density at radius 1 is 1.44 bits per heavy atom. The molecular formula is C10H21N3O2S. The summed E-state index contributed by atoms with van der Waals surface area (Å²) >= 11 is 0. The summed E-state index contributed by atoms with van der Waals surface area (Å²) in [7, 11) is -3.32. The number of primary sulfonamides is 1. The molecule has 2 atom stereocenters. The monoisotopic (exact) mass is 247 g/mol. The average Bonchev–Trinajstić information content (AvgIpc) is 2.90. The molecule has 0 aromatic heterocycles. The normalized spacial score (nSPS) is 32.1. The molecule has 1 saturated carbocycles.